The van der Waals surface area contributed by atoms with Gasteiger partial charge in [-0.1, -0.05) is 13.8 Å². The first-order valence-electron chi connectivity index (χ1n) is 8.84. The predicted molar refractivity (Wildman–Crippen MR) is 101 cm³/mol. The minimum absolute atomic E-state index is 0.129. The summed E-state index contributed by atoms with van der Waals surface area (Å²) < 4.78 is 5.26. The maximum atomic E-state index is 12.7. The second-order valence-corrected chi connectivity index (χ2v) is 7.07. The van der Waals surface area contributed by atoms with Crippen LogP contribution in [-0.2, 0) is 15.1 Å². The highest BCUT2D eigenvalue weighted by atomic mass is 16.3. The van der Waals surface area contributed by atoms with Gasteiger partial charge in [0.25, 0.3) is 5.91 Å². The molecular weight excluding hydrogens is 362 g/mol. The summed E-state index contributed by atoms with van der Waals surface area (Å²) in [6, 6.07) is 8.85. The molecule has 8 nitrogen and oxygen atoms in total. The first-order chi connectivity index (χ1) is 13.2. The molecule has 8 heteroatoms. The Morgan fingerprint density at radius 2 is 1.86 bits per heavy atom. The molecule has 0 radical (unpaired) electrons. The van der Waals surface area contributed by atoms with Crippen LogP contribution in [0.1, 0.15) is 36.9 Å². The highest BCUT2D eigenvalue weighted by molar-refractivity contribution is 6.11. The van der Waals surface area contributed by atoms with E-state index in [0.717, 1.165) is 4.90 Å². The van der Waals surface area contributed by atoms with Crippen LogP contribution in [0.25, 0.3) is 0 Å². The smallest absolute Gasteiger partial charge is 0.325 e. The van der Waals surface area contributed by atoms with Crippen molar-refractivity contribution in [2.24, 2.45) is 5.92 Å². The van der Waals surface area contributed by atoms with Crippen LogP contribution in [0.3, 0.4) is 0 Å². The van der Waals surface area contributed by atoms with Crippen molar-refractivity contribution in [3.63, 3.8) is 0 Å². The number of imide groups is 1. The maximum Gasteiger partial charge on any atom is 0.325 e. The van der Waals surface area contributed by atoms with Gasteiger partial charge in [-0.3, -0.25) is 19.3 Å². The van der Waals surface area contributed by atoms with Crippen LogP contribution in [0.4, 0.5) is 10.5 Å². The van der Waals surface area contributed by atoms with Crippen LogP contribution in [-0.4, -0.2) is 35.1 Å². The van der Waals surface area contributed by atoms with Crippen LogP contribution in [0.2, 0.25) is 0 Å². The first kappa shape index (κ1) is 19.3. The molecule has 1 aliphatic heterocycles. The molecule has 1 fully saturated rings. The number of urea groups is 1. The maximum absolute atomic E-state index is 12.7. The number of nitrogens with one attached hydrogen (secondary N) is 2. The van der Waals surface area contributed by atoms with Crippen LogP contribution < -0.4 is 10.6 Å². The third kappa shape index (κ3) is 3.53. The van der Waals surface area contributed by atoms with Gasteiger partial charge in [-0.05, 0) is 43.3 Å². The Kier molecular flexibility index (Phi) is 5.04. The van der Waals surface area contributed by atoms with Crippen LogP contribution >= 0.6 is 0 Å². The van der Waals surface area contributed by atoms with Crippen molar-refractivity contribution in [3.05, 3.63) is 54.0 Å². The number of Topliss-reactive ketones (excluding diaryl/α,β-unsaturated/α-hetero) is 1. The summed E-state index contributed by atoms with van der Waals surface area (Å²) in [6.45, 7) is 4.70. The van der Waals surface area contributed by atoms with Gasteiger partial charge in [0.2, 0.25) is 5.91 Å². The van der Waals surface area contributed by atoms with E-state index in [1.54, 1.807) is 50.2 Å². The predicted octanol–water partition coefficient (Wildman–Crippen LogP) is 2.52. The fourth-order valence-corrected chi connectivity index (χ4v) is 2.83. The second kappa shape index (κ2) is 7.30. The molecular formula is C20H21N3O5. The van der Waals surface area contributed by atoms with E-state index >= 15 is 0 Å². The third-order valence-electron chi connectivity index (χ3n) is 4.59. The van der Waals surface area contributed by atoms with Crippen molar-refractivity contribution in [3.8, 4) is 0 Å². The van der Waals surface area contributed by atoms with Crippen molar-refractivity contribution in [2.75, 3.05) is 11.9 Å². The fraction of sp³-hybridized carbons (Fsp3) is 0.300. The average Bonchev–Trinajstić information content (AvgIpc) is 3.27. The fourth-order valence-electron chi connectivity index (χ4n) is 2.83. The van der Waals surface area contributed by atoms with E-state index in [1.165, 1.54) is 13.2 Å². The number of hydrogen-bond donors (Lipinski definition) is 2. The van der Waals surface area contributed by atoms with E-state index in [1.807, 2.05) is 0 Å². The Balaban J connectivity index is 1.70. The normalized spacial score (nSPS) is 19.1. The molecule has 1 unspecified atom stereocenters. The summed E-state index contributed by atoms with van der Waals surface area (Å²) in [6.07, 6.45) is 1.41. The quantitative estimate of drug-likeness (QED) is 0.588. The first-order valence-corrected chi connectivity index (χ1v) is 8.84. The van der Waals surface area contributed by atoms with E-state index in [4.69, 9.17) is 4.42 Å². The number of carbonyl (C=O) groups excluding carboxylic acids is 4. The van der Waals surface area contributed by atoms with Crippen molar-refractivity contribution in [1.82, 2.24) is 10.2 Å². The highest BCUT2D eigenvalue weighted by Gasteiger charge is 2.51. The number of carbonyl (C=O) groups is 4. The Morgan fingerprint density at radius 3 is 2.43 bits per heavy atom. The molecule has 0 spiro atoms. The molecule has 2 heterocycles. The summed E-state index contributed by atoms with van der Waals surface area (Å²) in [7, 11) is 0. The highest BCUT2D eigenvalue weighted by Crippen LogP contribution is 2.29. The van der Waals surface area contributed by atoms with Gasteiger partial charge in [0.15, 0.2) is 11.3 Å². The Morgan fingerprint density at radius 1 is 1.18 bits per heavy atom. The lowest BCUT2D eigenvalue weighted by atomic mass is 9.99. The molecule has 1 aromatic carbocycles. The Hall–Kier alpha value is -3.42. The monoisotopic (exact) mass is 383 g/mol. The number of nitrogens with zero attached hydrogens (tertiary/aromatic N) is 1. The van der Waals surface area contributed by atoms with Gasteiger partial charge in [0.1, 0.15) is 5.76 Å². The number of amides is 4. The van der Waals surface area contributed by atoms with Crippen LogP contribution in [0.15, 0.2) is 47.1 Å². The van der Waals surface area contributed by atoms with Crippen molar-refractivity contribution >= 4 is 29.3 Å². The van der Waals surface area contributed by atoms with Gasteiger partial charge < -0.3 is 15.1 Å². The minimum Gasteiger partial charge on any atom is -0.466 e. The van der Waals surface area contributed by atoms with Gasteiger partial charge in [0, 0.05) is 17.2 Å². The Bertz CT molecular complexity index is 918. The average molecular weight is 383 g/mol. The number of benzene rings is 1. The molecule has 0 saturated carbocycles. The number of ketones is 1. The summed E-state index contributed by atoms with van der Waals surface area (Å²) in [5, 5.41) is 5.31. The van der Waals surface area contributed by atoms with Gasteiger partial charge in [0.05, 0.1) is 12.8 Å². The molecule has 1 atom stereocenters. The van der Waals surface area contributed by atoms with Crippen LogP contribution in [0, 0.1) is 5.92 Å². The minimum atomic E-state index is -1.34. The summed E-state index contributed by atoms with van der Waals surface area (Å²) in [4.78, 5) is 50.1. The number of hydrogen-bond acceptors (Lipinski definition) is 5. The van der Waals surface area contributed by atoms with Crippen LogP contribution in [0.5, 0.6) is 0 Å². The standard InChI is InChI=1S/C20H21N3O5/c1-12(2)17(25)21-14-8-6-13(7-9-14)15(24)11-23-18(26)20(3,22-19(23)27)16-5-4-10-28-16/h4-10,12H,11H2,1-3H3,(H,21,25)(H,22,27). The Labute approximate surface area is 161 Å². The van der Waals surface area contributed by atoms with Crippen molar-refractivity contribution in [1.29, 1.82) is 0 Å². The van der Waals surface area contributed by atoms with E-state index in [2.05, 4.69) is 10.6 Å². The molecule has 1 aliphatic rings. The molecule has 4 amide bonds. The zero-order valence-corrected chi connectivity index (χ0v) is 15.8. The van der Waals surface area contributed by atoms with Gasteiger partial charge >= 0.3 is 6.03 Å². The lowest BCUT2D eigenvalue weighted by Crippen LogP contribution is -2.41. The van der Waals surface area contributed by atoms with Crippen molar-refractivity contribution < 1.29 is 23.6 Å². The van der Waals surface area contributed by atoms with Gasteiger partial charge in [-0.15, -0.1) is 0 Å². The second-order valence-electron chi connectivity index (χ2n) is 7.07. The van der Waals surface area contributed by atoms with Gasteiger partial charge in [-0.2, -0.15) is 0 Å². The molecule has 1 aromatic heterocycles. The molecule has 2 N–H and O–H groups in total. The van der Waals surface area contributed by atoms with E-state index in [-0.39, 0.29) is 11.8 Å². The van der Waals surface area contributed by atoms with Crippen molar-refractivity contribution in [2.45, 2.75) is 26.3 Å². The molecule has 0 aliphatic carbocycles. The number of anilines is 1. The molecule has 146 valence electrons. The zero-order valence-electron chi connectivity index (χ0n) is 15.8. The largest absolute Gasteiger partial charge is 0.466 e. The molecule has 28 heavy (non-hydrogen) atoms. The van der Waals surface area contributed by atoms with E-state index in [9.17, 15) is 19.2 Å². The zero-order chi connectivity index (χ0) is 20.5. The number of rotatable bonds is 6. The third-order valence-corrected chi connectivity index (χ3v) is 4.59. The van der Waals surface area contributed by atoms with E-state index < -0.39 is 29.8 Å². The summed E-state index contributed by atoms with van der Waals surface area (Å²) in [5.41, 5.74) is -0.448. The topological polar surface area (TPSA) is 109 Å². The lowest BCUT2D eigenvalue weighted by molar-refractivity contribution is -0.131. The SMILES string of the molecule is CC(C)C(=O)Nc1ccc(C(=O)CN2C(=O)NC(C)(c3ccco3)C2=O)cc1. The molecule has 0 bridgehead atoms. The van der Waals surface area contributed by atoms with E-state index in [0.29, 0.717) is 17.0 Å². The summed E-state index contributed by atoms with van der Waals surface area (Å²) in [5.74, 6) is -0.943. The molecule has 1 saturated heterocycles. The van der Waals surface area contributed by atoms with Gasteiger partial charge in [-0.25, -0.2) is 4.79 Å². The molecule has 3 rings (SSSR count). The number of furan rings is 1. The molecule has 2 aromatic rings. The summed E-state index contributed by atoms with van der Waals surface area (Å²) >= 11 is 0. The lowest BCUT2D eigenvalue weighted by Gasteiger charge is -2.18.